The highest BCUT2D eigenvalue weighted by Gasteiger charge is 2.34. The standard InChI is InChI=1S/C14H21FN2O2S/c15-12-6-8-13(9-7-12)17(11-3-10-16)20(18,19)14-4-1-2-5-14/h6-9,14H,1-5,10-11,16H2. The molecular formula is C14H21FN2O2S. The quantitative estimate of drug-likeness (QED) is 0.876. The highest BCUT2D eigenvalue weighted by molar-refractivity contribution is 7.93. The van der Waals surface area contributed by atoms with E-state index in [1.165, 1.54) is 28.6 Å². The van der Waals surface area contributed by atoms with E-state index in [9.17, 15) is 12.8 Å². The van der Waals surface area contributed by atoms with E-state index in [0.717, 1.165) is 12.8 Å². The molecule has 0 unspecified atom stereocenters. The predicted octanol–water partition coefficient (Wildman–Crippen LogP) is 2.25. The largest absolute Gasteiger partial charge is 0.330 e. The minimum absolute atomic E-state index is 0.315. The summed E-state index contributed by atoms with van der Waals surface area (Å²) < 4.78 is 39.8. The van der Waals surface area contributed by atoms with Gasteiger partial charge in [0.2, 0.25) is 10.0 Å². The van der Waals surface area contributed by atoms with Gasteiger partial charge in [0.1, 0.15) is 5.82 Å². The van der Waals surface area contributed by atoms with E-state index in [2.05, 4.69) is 0 Å². The Hall–Kier alpha value is -1.14. The summed E-state index contributed by atoms with van der Waals surface area (Å²) >= 11 is 0. The molecule has 1 aromatic rings. The molecule has 0 amide bonds. The van der Waals surface area contributed by atoms with Crippen LogP contribution in [0, 0.1) is 5.82 Å². The van der Waals surface area contributed by atoms with Crippen molar-refractivity contribution in [1.29, 1.82) is 0 Å². The molecule has 1 aliphatic rings. The molecule has 0 aliphatic heterocycles. The third-order valence-electron chi connectivity index (χ3n) is 3.71. The van der Waals surface area contributed by atoms with Gasteiger partial charge in [0.15, 0.2) is 0 Å². The van der Waals surface area contributed by atoms with E-state index in [0.29, 0.717) is 38.0 Å². The first kappa shape index (κ1) is 15.3. The number of hydrogen-bond donors (Lipinski definition) is 1. The van der Waals surface area contributed by atoms with Crippen LogP contribution in [0.1, 0.15) is 32.1 Å². The number of nitrogens with two attached hydrogens (primary N) is 1. The smallest absolute Gasteiger partial charge is 0.238 e. The summed E-state index contributed by atoms with van der Waals surface area (Å²) in [6, 6.07) is 5.60. The Bertz CT molecular complexity index is 525. The summed E-state index contributed by atoms with van der Waals surface area (Å²) in [5, 5.41) is -0.315. The minimum atomic E-state index is -3.38. The van der Waals surface area contributed by atoms with Crippen LogP contribution in [-0.4, -0.2) is 26.8 Å². The van der Waals surface area contributed by atoms with Gasteiger partial charge in [-0.15, -0.1) is 0 Å². The highest BCUT2D eigenvalue weighted by Crippen LogP contribution is 2.30. The van der Waals surface area contributed by atoms with Crippen LogP contribution in [0.2, 0.25) is 0 Å². The molecule has 112 valence electrons. The lowest BCUT2D eigenvalue weighted by Crippen LogP contribution is -2.39. The van der Waals surface area contributed by atoms with Crippen molar-refractivity contribution in [3.8, 4) is 0 Å². The van der Waals surface area contributed by atoms with E-state index in [-0.39, 0.29) is 11.1 Å². The van der Waals surface area contributed by atoms with Crippen molar-refractivity contribution >= 4 is 15.7 Å². The molecule has 0 radical (unpaired) electrons. The summed E-state index contributed by atoms with van der Waals surface area (Å²) in [5.74, 6) is -0.370. The Morgan fingerprint density at radius 2 is 1.80 bits per heavy atom. The monoisotopic (exact) mass is 300 g/mol. The van der Waals surface area contributed by atoms with Crippen LogP contribution in [0.25, 0.3) is 0 Å². The average molecular weight is 300 g/mol. The maximum atomic E-state index is 13.0. The third-order valence-corrected chi connectivity index (χ3v) is 6.03. The molecule has 4 nitrogen and oxygen atoms in total. The van der Waals surface area contributed by atoms with Crippen LogP contribution < -0.4 is 10.0 Å². The first-order valence-electron chi connectivity index (χ1n) is 7.03. The predicted molar refractivity (Wildman–Crippen MR) is 78.6 cm³/mol. The molecule has 2 N–H and O–H groups in total. The maximum Gasteiger partial charge on any atom is 0.238 e. The van der Waals surface area contributed by atoms with Crippen molar-refractivity contribution < 1.29 is 12.8 Å². The van der Waals surface area contributed by atoms with Crippen molar-refractivity contribution in [2.45, 2.75) is 37.4 Å². The maximum absolute atomic E-state index is 13.0. The van der Waals surface area contributed by atoms with Gasteiger partial charge < -0.3 is 5.73 Å². The Balaban J connectivity index is 2.28. The van der Waals surface area contributed by atoms with Crippen molar-refractivity contribution in [1.82, 2.24) is 0 Å². The van der Waals surface area contributed by atoms with Gasteiger partial charge in [-0.25, -0.2) is 12.8 Å². The zero-order chi connectivity index (χ0) is 14.6. The zero-order valence-electron chi connectivity index (χ0n) is 11.5. The lowest BCUT2D eigenvalue weighted by atomic mass is 10.3. The molecule has 1 aliphatic carbocycles. The lowest BCUT2D eigenvalue weighted by molar-refractivity contribution is 0.572. The fraction of sp³-hybridized carbons (Fsp3) is 0.571. The van der Waals surface area contributed by atoms with E-state index >= 15 is 0 Å². The minimum Gasteiger partial charge on any atom is -0.330 e. The van der Waals surface area contributed by atoms with Gasteiger partial charge in [-0.2, -0.15) is 0 Å². The van der Waals surface area contributed by atoms with Crippen LogP contribution in [0.4, 0.5) is 10.1 Å². The molecule has 6 heteroatoms. The molecule has 2 rings (SSSR count). The first-order chi connectivity index (χ1) is 9.55. The molecular weight excluding hydrogens is 279 g/mol. The second-order valence-corrected chi connectivity index (χ2v) is 7.28. The van der Waals surface area contributed by atoms with Gasteiger partial charge in [0.05, 0.1) is 10.9 Å². The number of rotatable bonds is 6. The number of halogens is 1. The molecule has 0 spiro atoms. The number of hydrogen-bond acceptors (Lipinski definition) is 3. The van der Waals surface area contributed by atoms with Gasteiger partial charge in [0.25, 0.3) is 0 Å². The molecule has 1 aromatic carbocycles. The molecule has 1 saturated carbocycles. The van der Waals surface area contributed by atoms with Gasteiger partial charge in [0, 0.05) is 6.54 Å². The van der Waals surface area contributed by atoms with E-state index in [1.807, 2.05) is 0 Å². The Morgan fingerprint density at radius 1 is 1.20 bits per heavy atom. The van der Waals surface area contributed by atoms with Crippen molar-refractivity contribution in [3.63, 3.8) is 0 Å². The second-order valence-electron chi connectivity index (χ2n) is 5.14. The Morgan fingerprint density at radius 3 is 2.35 bits per heavy atom. The third kappa shape index (κ3) is 3.30. The summed E-state index contributed by atoms with van der Waals surface area (Å²) in [6.45, 7) is 0.777. The van der Waals surface area contributed by atoms with Crippen LogP contribution in [-0.2, 0) is 10.0 Å². The molecule has 0 heterocycles. The average Bonchev–Trinajstić information content (AvgIpc) is 2.96. The molecule has 20 heavy (non-hydrogen) atoms. The van der Waals surface area contributed by atoms with E-state index < -0.39 is 10.0 Å². The fourth-order valence-corrected chi connectivity index (χ4v) is 4.70. The second kappa shape index (κ2) is 6.54. The normalized spacial score (nSPS) is 16.5. The molecule has 0 aromatic heterocycles. The molecule has 0 bridgehead atoms. The highest BCUT2D eigenvalue weighted by atomic mass is 32.2. The Labute approximate surface area is 119 Å². The van der Waals surface area contributed by atoms with Crippen LogP contribution in [0.3, 0.4) is 0 Å². The van der Waals surface area contributed by atoms with Crippen molar-refractivity contribution in [2.75, 3.05) is 17.4 Å². The molecule has 0 saturated heterocycles. The van der Waals surface area contributed by atoms with E-state index in [1.54, 1.807) is 0 Å². The van der Waals surface area contributed by atoms with Gasteiger partial charge in [-0.05, 0) is 50.1 Å². The Kier molecular flexibility index (Phi) is 4.99. The summed E-state index contributed by atoms with van der Waals surface area (Å²) in [6.07, 6.45) is 3.92. The van der Waals surface area contributed by atoms with Crippen LogP contribution >= 0.6 is 0 Å². The number of sulfonamides is 1. The van der Waals surface area contributed by atoms with Gasteiger partial charge >= 0.3 is 0 Å². The van der Waals surface area contributed by atoms with Gasteiger partial charge in [-0.3, -0.25) is 4.31 Å². The van der Waals surface area contributed by atoms with Crippen molar-refractivity contribution in [2.24, 2.45) is 5.73 Å². The van der Waals surface area contributed by atoms with Crippen LogP contribution in [0.5, 0.6) is 0 Å². The zero-order valence-corrected chi connectivity index (χ0v) is 12.3. The lowest BCUT2D eigenvalue weighted by Gasteiger charge is -2.27. The summed E-state index contributed by atoms with van der Waals surface area (Å²) in [4.78, 5) is 0. The SMILES string of the molecule is NCCCN(c1ccc(F)cc1)S(=O)(=O)C1CCCC1. The molecule has 1 fully saturated rings. The summed E-state index contributed by atoms with van der Waals surface area (Å²) in [7, 11) is -3.38. The number of benzene rings is 1. The first-order valence-corrected chi connectivity index (χ1v) is 8.53. The summed E-state index contributed by atoms with van der Waals surface area (Å²) in [5.41, 5.74) is 6.01. The van der Waals surface area contributed by atoms with Gasteiger partial charge in [-0.1, -0.05) is 12.8 Å². The van der Waals surface area contributed by atoms with E-state index in [4.69, 9.17) is 5.73 Å². The van der Waals surface area contributed by atoms with Crippen LogP contribution in [0.15, 0.2) is 24.3 Å². The fourth-order valence-electron chi connectivity index (χ4n) is 2.61. The number of nitrogens with zero attached hydrogens (tertiary/aromatic N) is 1. The van der Waals surface area contributed by atoms with Crippen molar-refractivity contribution in [3.05, 3.63) is 30.1 Å². The molecule has 0 atom stereocenters. The number of anilines is 1. The topological polar surface area (TPSA) is 63.4 Å².